The minimum Gasteiger partial charge on any atom is -0.478 e. The van der Waals surface area contributed by atoms with Gasteiger partial charge in [0.05, 0.1) is 24.2 Å². The molecule has 0 saturated heterocycles. The quantitative estimate of drug-likeness (QED) is 0.587. The summed E-state index contributed by atoms with van der Waals surface area (Å²) in [5, 5.41) is 7.80. The lowest BCUT2D eigenvalue weighted by atomic mass is 10.0. The summed E-state index contributed by atoms with van der Waals surface area (Å²) in [5.74, 6) is -0.327. The zero-order chi connectivity index (χ0) is 16.4. The van der Waals surface area contributed by atoms with Crippen molar-refractivity contribution in [2.75, 3.05) is 6.61 Å². The molecule has 1 N–H and O–H groups in total. The number of aryl methyl sites for hydroxylation is 1. The van der Waals surface area contributed by atoms with Gasteiger partial charge in [0.15, 0.2) is 0 Å². The van der Waals surface area contributed by atoms with Gasteiger partial charge in [-0.05, 0) is 49.7 Å². The van der Waals surface area contributed by atoms with E-state index in [2.05, 4.69) is 4.98 Å². The molecule has 0 saturated carbocycles. The van der Waals surface area contributed by atoms with Crippen molar-refractivity contribution in [3.05, 3.63) is 65.2 Å². The van der Waals surface area contributed by atoms with Crippen molar-refractivity contribution in [1.82, 2.24) is 9.55 Å². The molecule has 118 valence electrons. The molecular weight excluding hydrogens is 293 g/mol. The molecule has 1 aromatic carbocycles. The molecule has 4 nitrogen and oxygen atoms in total. The Morgan fingerprint density at radius 3 is 2.91 bits per heavy atom. The predicted molar refractivity (Wildman–Crippen MR) is 88.4 cm³/mol. The van der Waals surface area contributed by atoms with E-state index in [1.807, 2.05) is 35.9 Å². The van der Waals surface area contributed by atoms with Crippen LogP contribution in [0.4, 0.5) is 4.39 Å². The van der Waals surface area contributed by atoms with Crippen molar-refractivity contribution in [3.63, 3.8) is 0 Å². The minimum atomic E-state index is -0.324. The monoisotopic (exact) mass is 311 g/mol. The van der Waals surface area contributed by atoms with E-state index in [0.29, 0.717) is 24.3 Å². The maximum Gasteiger partial charge on any atom is 0.213 e. The molecule has 2 heterocycles. The van der Waals surface area contributed by atoms with Gasteiger partial charge in [0.25, 0.3) is 0 Å². The van der Waals surface area contributed by atoms with Gasteiger partial charge in [0.1, 0.15) is 5.82 Å². The topological polar surface area (TPSA) is 50.9 Å². The third-order valence-electron chi connectivity index (χ3n) is 3.84. The molecule has 5 heteroatoms. The summed E-state index contributed by atoms with van der Waals surface area (Å²) < 4.78 is 21.6. The number of fused-ring (bicyclic) bond motifs is 1. The maximum absolute atomic E-state index is 14.5. The first-order valence-electron chi connectivity index (χ1n) is 7.50. The molecule has 0 spiro atoms. The van der Waals surface area contributed by atoms with Gasteiger partial charge in [-0.25, -0.2) is 4.39 Å². The molecule has 0 aliphatic heterocycles. The summed E-state index contributed by atoms with van der Waals surface area (Å²) in [5.41, 5.74) is 3.73. The average Bonchev–Trinajstić information content (AvgIpc) is 2.94. The fourth-order valence-electron chi connectivity index (χ4n) is 2.66. The predicted octanol–water partition coefficient (Wildman–Crippen LogP) is 3.89. The molecule has 2 aromatic heterocycles. The Morgan fingerprint density at radius 1 is 1.35 bits per heavy atom. The van der Waals surface area contributed by atoms with Crippen molar-refractivity contribution < 1.29 is 9.13 Å². The van der Waals surface area contributed by atoms with Crippen LogP contribution in [0.25, 0.3) is 11.0 Å². The number of benzene rings is 1. The fraction of sp³-hybridized carbons (Fsp3) is 0.222. The summed E-state index contributed by atoms with van der Waals surface area (Å²) in [6.07, 6.45) is 3.65. The van der Waals surface area contributed by atoms with E-state index in [-0.39, 0.29) is 11.7 Å². The van der Waals surface area contributed by atoms with Crippen LogP contribution in [-0.4, -0.2) is 22.1 Å². The molecule has 3 aromatic rings. The Labute approximate surface area is 134 Å². The van der Waals surface area contributed by atoms with Crippen LogP contribution in [0.2, 0.25) is 0 Å². The van der Waals surface area contributed by atoms with E-state index < -0.39 is 0 Å². The normalized spacial score (nSPS) is 10.9. The van der Waals surface area contributed by atoms with Gasteiger partial charge in [0.2, 0.25) is 5.90 Å². The zero-order valence-electron chi connectivity index (χ0n) is 13.1. The number of hydrogen-bond acceptors (Lipinski definition) is 3. The van der Waals surface area contributed by atoms with E-state index in [1.165, 1.54) is 6.07 Å². The van der Waals surface area contributed by atoms with Crippen LogP contribution in [0.3, 0.4) is 0 Å². The van der Waals surface area contributed by atoms with Crippen molar-refractivity contribution in [2.24, 2.45) is 0 Å². The second-order valence-electron chi connectivity index (χ2n) is 5.37. The van der Waals surface area contributed by atoms with Gasteiger partial charge in [-0.3, -0.25) is 10.4 Å². The number of aromatic nitrogens is 2. The van der Waals surface area contributed by atoms with Gasteiger partial charge >= 0.3 is 0 Å². The molecule has 23 heavy (non-hydrogen) atoms. The number of ether oxygens (including phenoxy) is 1. The van der Waals surface area contributed by atoms with Gasteiger partial charge in [-0.15, -0.1) is 0 Å². The molecule has 3 rings (SSSR count). The Kier molecular flexibility index (Phi) is 4.10. The Hall–Kier alpha value is -2.69. The standard InChI is InChI=1S/C18H18FN3O/c1-3-23-18(20)13-9-12(2)14(15(19)10-13)11-22-8-6-16-17(22)5-4-7-21-16/h4-10,20H,3,11H2,1-2H3. The van der Waals surface area contributed by atoms with Crippen LogP contribution in [0.1, 0.15) is 23.6 Å². The lowest BCUT2D eigenvalue weighted by Gasteiger charge is -2.13. The van der Waals surface area contributed by atoms with Crippen LogP contribution in [0, 0.1) is 18.2 Å². The number of hydrogen-bond donors (Lipinski definition) is 1. The third kappa shape index (κ3) is 2.95. The van der Waals surface area contributed by atoms with Crippen molar-refractivity contribution in [2.45, 2.75) is 20.4 Å². The smallest absolute Gasteiger partial charge is 0.213 e. The van der Waals surface area contributed by atoms with Gasteiger partial charge < -0.3 is 9.30 Å². The van der Waals surface area contributed by atoms with Gasteiger partial charge in [-0.2, -0.15) is 0 Å². The van der Waals surface area contributed by atoms with E-state index in [1.54, 1.807) is 19.2 Å². The minimum absolute atomic E-state index is 0.00309. The van der Waals surface area contributed by atoms with Crippen LogP contribution in [0.15, 0.2) is 42.7 Å². The number of rotatable bonds is 4. The lowest BCUT2D eigenvalue weighted by Crippen LogP contribution is -2.09. The number of nitrogens with one attached hydrogen (secondary N) is 1. The molecule has 0 aliphatic rings. The van der Waals surface area contributed by atoms with Crippen LogP contribution in [-0.2, 0) is 11.3 Å². The summed E-state index contributed by atoms with van der Waals surface area (Å²) in [6, 6.07) is 8.91. The zero-order valence-corrected chi connectivity index (χ0v) is 13.1. The molecule has 0 amide bonds. The maximum atomic E-state index is 14.5. The highest BCUT2D eigenvalue weighted by atomic mass is 19.1. The van der Waals surface area contributed by atoms with E-state index in [0.717, 1.165) is 16.6 Å². The summed E-state index contributed by atoms with van der Waals surface area (Å²) in [7, 11) is 0. The molecule has 0 aliphatic carbocycles. The van der Waals surface area contributed by atoms with Crippen molar-refractivity contribution >= 4 is 16.9 Å². The molecule has 0 radical (unpaired) electrons. The Morgan fingerprint density at radius 2 is 2.17 bits per heavy atom. The second-order valence-corrected chi connectivity index (χ2v) is 5.37. The van der Waals surface area contributed by atoms with E-state index >= 15 is 0 Å². The molecular formula is C18H18FN3O. The fourth-order valence-corrected chi connectivity index (χ4v) is 2.66. The second kappa shape index (κ2) is 6.20. The highest BCUT2D eigenvalue weighted by molar-refractivity contribution is 5.91. The average molecular weight is 311 g/mol. The van der Waals surface area contributed by atoms with Crippen LogP contribution >= 0.6 is 0 Å². The molecule has 0 bridgehead atoms. The molecule has 0 fully saturated rings. The Balaban J connectivity index is 1.96. The van der Waals surface area contributed by atoms with Gasteiger partial charge in [-0.1, -0.05) is 0 Å². The van der Waals surface area contributed by atoms with Crippen molar-refractivity contribution in [1.29, 1.82) is 5.41 Å². The highest BCUT2D eigenvalue weighted by Gasteiger charge is 2.13. The Bertz CT molecular complexity index is 847. The largest absolute Gasteiger partial charge is 0.478 e. The number of halogens is 1. The van der Waals surface area contributed by atoms with E-state index in [9.17, 15) is 4.39 Å². The highest BCUT2D eigenvalue weighted by Crippen LogP contribution is 2.21. The molecule has 0 unspecified atom stereocenters. The summed E-state index contributed by atoms with van der Waals surface area (Å²) in [4.78, 5) is 4.29. The first-order valence-corrected chi connectivity index (χ1v) is 7.50. The van der Waals surface area contributed by atoms with Crippen LogP contribution in [0.5, 0.6) is 0 Å². The summed E-state index contributed by atoms with van der Waals surface area (Å²) >= 11 is 0. The number of nitrogens with zero attached hydrogens (tertiary/aromatic N) is 2. The third-order valence-corrected chi connectivity index (χ3v) is 3.84. The van der Waals surface area contributed by atoms with Gasteiger partial charge in [0, 0.05) is 23.5 Å². The molecule has 0 atom stereocenters. The lowest BCUT2D eigenvalue weighted by molar-refractivity contribution is 0.325. The number of pyridine rings is 1. The van der Waals surface area contributed by atoms with Crippen molar-refractivity contribution in [3.8, 4) is 0 Å². The summed E-state index contributed by atoms with van der Waals surface area (Å²) in [6.45, 7) is 4.47. The van der Waals surface area contributed by atoms with E-state index in [4.69, 9.17) is 10.1 Å². The first kappa shape index (κ1) is 15.2. The first-order chi connectivity index (χ1) is 11.1. The SMILES string of the molecule is CCOC(=N)c1cc(C)c(Cn2ccc3ncccc32)c(F)c1. The van der Waals surface area contributed by atoms with Crippen LogP contribution < -0.4 is 0 Å².